The van der Waals surface area contributed by atoms with Gasteiger partial charge in [-0.15, -0.1) is 0 Å². The molecule has 0 spiro atoms. The standard InChI is InChI=1S/C36H31BrO5/c37-22-29-16-32(39-23-27-10-4-1-5-11-27)20-33(17-29)41-25-30-18-34(40-24-28-12-6-2-7-13-28)21-35(19-30)42-26-36(38)31-14-8-3-9-15-31/h1-21H,22-26H2. The van der Waals surface area contributed by atoms with Crippen molar-refractivity contribution in [2.45, 2.75) is 25.2 Å². The molecule has 0 radical (unpaired) electrons. The van der Waals surface area contributed by atoms with Crippen LogP contribution >= 0.6 is 15.9 Å². The molecule has 0 amide bonds. The molecule has 42 heavy (non-hydrogen) atoms. The molecule has 0 atom stereocenters. The van der Waals surface area contributed by atoms with Crippen LogP contribution in [-0.4, -0.2) is 12.4 Å². The molecular weight excluding hydrogens is 592 g/mol. The van der Waals surface area contributed by atoms with Crippen LogP contribution in [0.1, 0.15) is 32.6 Å². The Morgan fingerprint density at radius 3 is 1.36 bits per heavy atom. The van der Waals surface area contributed by atoms with Gasteiger partial charge in [-0.2, -0.15) is 0 Å². The molecule has 212 valence electrons. The number of hydrogen-bond acceptors (Lipinski definition) is 5. The molecule has 0 saturated heterocycles. The van der Waals surface area contributed by atoms with Crippen molar-refractivity contribution in [2.24, 2.45) is 0 Å². The summed E-state index contributed by atoms with van der Waals surface area (Å²) < 4.78 is 24.3. The van der Waals surface area contributed by atoms with Crippen LogP contribution in [0.3, 0.4) is 0 Å². The van der Waals surface area contributed by atoms with E-state index in [1.54, 1.807) is 18.2 Å². The maximum atomic E-state index is 12.6. The van der Waals surface area contributed by atoms with Crippen LogP contribution in [0.4, 0.5) is 0 Å². The fourth-order valence-corrected chi connectivity index (χ4v) is 4.58. The Labute approximate surface area is 254 Å². The second kappa shape index (κ2) is 14.9. The molecule has 0 saturated carbocycles. The Balaban J connectivity index is 1.30. The van der Waals surface area contributed by atoms with Crippen LogP contribution in [0.5, 0.6) is 23.0 Å². The molecule has 6 heteroatoms. The SMILES string of the molecule is O=C(COc1cc(COc2cc(CBr)cc(OCc3ccccc3)c2)cc(OCc2ccccc2)c1)c1ccccc1. The summed E-state index contributed by atoms with van der Waals surface area (Å²) in [5.41, 5.74) is 4.64. The van der Waals surface area contributed by atoms with Gasteiger partial charge in [0.15, 0.2) is 12.4 Å². The lowest BCUT2D eigenvalue weighted by atomic mass is 10.1. The lowest BCUT2D eigenvalue weighted by molar-refractivity contribution is 0.0921. The highest BCUT2D eigenvalue weighted by Gasteiger charge is 2.10. The van der Waals surface area contributed by atoms with Crippen LogP contribution < -0.4 is 18.9 Å². The molecular formula is C36H31BrO5. The Kier molecular flexibility index (Phi) is 10.3. The van der Waals surface area contributed by atoms with E-state index in [0.717, 1.165) is 28.0 Å². The summed E-state index contributed by atoms with van der Waals surface area (Å²) in [6, 6.07) is 40.6. The number of ketones is 1. The van der Waals surface area contributed by atoms with Gasteiger partial charge in [0.1, 0.15) is 42.8 Å². The number of halogens is 1. The van der Waals surface area contributed by atoms with Crippen molar-refractivity contribution in [3.63, 3.8) is 0 Å². The zero-order chi connectivity index (χ0) is 29.0. The van der Waals surface area contributed by atoms with Gasteiger partial charge in [-0.25, -0.2) is 0 Å². The highest BCUT2D eigenvalue weighted by molar-refractivity contribution is 9.08. The first-order valence-corrected chi connectivity index (χ1v) is 14.8. The molecule has 0 fully saturated rings. The normalized spacial score (nSPS) is 10.6. The summed E-state index contributed by atoms with van der Waals surface area (Å²) in [6.45, 7) is 1.06. The minimum Gasteiger partial charge on any atom is -0.489 e. The molecule has 0 heterocycles. The molecule has 5 aromatic rings. The summed E-state index contributed by atoms with van der Waals surface area (Å²) in [5.74, 6) is 2.48. The van der Waals surface area contributed by atoms with E-state index in [4.69, 9.17) is 18.9 Å². The topological polar surface area (TPSA) is 54.0 Å². The Bertz CT molecular complexity index is 1570. The summed E-state index contributed by atoms with van der Waals surface area (Å²) in [6.07, 6.45) is 0. The van der Waals surface area contributed by atoms with E-state index in [2.05, 4.69) is 15.9 Å². The maximum absolute atomic E-state index is 12.6. The smallest absolute Gasteiger partial charge is 0.200 e. The second-order valence-corrected chi connectivity index (χ2v) is 10.2. The highest BCUT2D eigenvalue weighted by Crippen LogP contribution is 2.28. The minimum absolute atomic E-state index is 0.0815. The predicted molar refractivity (Wildman–Crippen MR) is 168 cm³/mol. The molecule has 0 bridgehead atoms. The molecule has 5 rings (SSSR count). The lowest BCUT2D eigenvalue weighted by Crippen LogP contribution is -2.11. The average molecular weight is 624 g/mol. The van der Waals surface area contributed by atoms with Crippen molar-refractivity contribution in [1.82, 2.24) is 0 Å². The zero-order valence-electron chi connectivity index (χ0n) is 23.1. The van der Waals surface area contributed by atoms with Gasteiger partial charge in [0.2, 0.25) is 0 Å². The fourth-order valence-electron chi connectivity index (χ4n) is 4.26. The predicted octanol–water partition coefficient (Wildman–Crippen LogP) is 8.58. The van der Waals surface area contributed by atoms with E-state index >= 15 is 0 Å². The van der Waals surface area contributed by atoms with Crippen molar-refractivity contribution in [2.75, 3.05) is 6.61 Å². The van der Waals surface area contributed by atoms with Gasteiger partial charge in [-0.05, 0) is 46.5 Å². The molecule has 0 aliphatic heterocycles. The summed E-state index contributed by atoms with van der Waals surface area (Å²) in [5, 5.41) is 0.669. The van der Waals surface area contributed by atoms with Gasteiger partial charge < -0.3 is 18.9 Å². The third kappa shape index (κ3) is 8.72. The zero-order valence-corrected chi connectivity index (χ0v) is 24.7. The Morgan fingerprint density at radius 2 is 0.881 bits per heavy atom. The first-order chi connectivity index (χ1) is 20.6. The van der Waals surface area contributed by atoms with Crippen LogP contribution in [-0.2, 0) is 25.2 Å². The summed E-state index contributed by atoms with van der Waals surface area (Å²) >= 11 is 3.55. The van der Waals surface area contributed by atoms with Gasteiger partial charge >= 0.3 is 0 Å². The number of ether oxygens (including phenoxy) is 4. The molecule has 0 N–H and O–H groups in total. The largest absolute Gasteiger partial charge is 0.489 e. The number of benzene rings is 5. The maximum Gasteiger partial charge on any atom is 0.200 e. The first kappa shape index (κ1) is 29.0. The summed E-state index contributed by atoms with van der Waals surface area (Å²) in [7, 11) is 0. The van der Waals surface area contributed by atoms with E-state index < -0.39 is 0 Å². The van der Waals surface area contributed by atoms with Crippen molar-refractivity contribution in [1.29, 1.82) is 0 Å². The van der Waals surface area contributed by atoms with Gasteiger partial charge in [0.25, 0.3) is 0 Å². The van der Waals surface area contributed by atoms with E-state index in [9.17, 15) is 4.79 Å². The lowest BCUT2D eigenvalue weighted by Gasteiger charge is -2.14. The van der Waals surface area contributed by atoms with Crippen LogP contribution in [0.25, 0.3) is 0 Å². The van der Waals surface area contributed by atoms with Gasteiger partial charge in [0, 0.05) is 23.0 Å². The third-order valence-corrected chi connectivity index (χ3v) is 7.05. The van der Waals surface area contributed by atoms with Crippen LogP contribution in [0.2, 0.25) is 0 Å². The molecule has 5 nitrogen and oxygen atoms in total. The highest BCUT2D eigenvalue weighted by atomic mass is 79.9. The van der Waals surface area contributed by atoms with Gasteiger partial charge in [0.05, 0.1) is 0 Å². The Hall–Kier alpha value is -4.55. The minimum atomic E-state index is -0.0985. The van der Waals surface area contributed by atoms with Crippen molar-refractivity contribution in [3.05, 3.63) is 155 Å². The molecule has 0 aromatic heterocycles. The van der Waals surface area contributed by atoms with E-state index in [0.29, 0.717) is 41.4 Å². The monoisotopic (exact) mass is 622 g/mol. The third-order valence-electron chi connectivity index (χ3n) is 6.40. The van der Waals surface area contributed by atoms with E-state index in [1.165, 1.54) is 0 Å². The van der Waals surface area contributed by atoms with Crippen molar-refractivity contribution >= 4 is 21.7 Å². The quantitative estimate of drug-likeness (QED) is 0.0917. The Morgan fingerprint density at radius 1 is 0.476 bits per heavy atom. The van der Waals surface area contributed by atoms with E-state index in [1.807, 2.05) is 109 Å². The number of rotatable bonds is 14. The molecule has 0 aliphatic carbocycles. The first-order valence-electron chi connectivity index (χ1n) is 13.7. The number of alkyl halides is 1. The molecule has 0 aliphatic rings. The number of carbonyl (C=O) groups is 1. The van der Waals surface area contributed by atoms with Crippen molar-refractivity contribution < 1.29 is 23.7 Å². The number of Topliss-reactive ketones (excluding diaryl/α,β-unsaturated/α-hetero) is 1. The molecule has 5 aromatic carbocycles. The summed E-state index contributed by atoms with van der Waals surface area (Å²) in [4.78, 5) is 12.6. The van der Waals surface area contributed by atoms with Gasteiger partial charge in [-0.1, -0.05) is 107 Å². The molecule has 0 unspecified atom stereocenters. The van der Waals surface area contributed by atoms with E-state index in [-0.39, 0.29) is 19.0 Å². The van der Waals surface area contributed by atoms with Crippen LogP contribution in [0, 0.1) is 0 Å². The van der Waals surface area contributed by atoms with Gasteiger partial charge in [-0.3, -0.25) is 4.79 Å². The average Bonchev–Trinajstić information content (AvgIpc) is 3.05. The van der Waals surface area contributed by atoms with Crippen LogP contribution in [0.15, 0.2) is 127 Å². The number of carbonyl (C=O) groups excluding carboxylic acids is 1. The second-order valence-electron chi connectivity index (χ2n) is 9.67. The fraction of sp³-hybridized carbons (Fsp3) is 0.139. The number of hydrogen-bond donors (Lipinski definition) is 0. The van der Waals surface area contributed by atoms with Crippen molar-refractivity contribution in [3.8, 4) is 23.0 Å².